The van der Waals surface area contributed by atoms with Crippen molar-refractivity contribution in [2.45, 2.75) is 33.6 Å². The number of methoxy groups -OCH3 is 1. The second-order valence-electron chi connectivity index (χ2n) is 8.25. The zero-order valence-corrected chi connectivity index (χ0v) is 19.6. The highest BCUT2D eigenvalue weighted by Crippen LogP contribution is 2.27. The van der Waals surface area contributed by atoms with E-state index in [4.69, 9.17) is 9.84 Å². The number of nitrogens with one attached hydrogen (secondary N) is 1. The molecule has 0 fully saturated rings. The van der Waals surface area contributed by atoms with Gasteiger partial charge in [0.2, 0.25) is 5.91 Å². The predicted molar refractivity (Wildman–Crippen MR) is 130 cm³/mol. The van der Waals surface area contributed by atoms with Crippen LogP contribution in [0.3, 0.4) is 0 Å². The standard InChI is InChI=1S/C26H28N4O3/c1-16-11-13-22(33-5)21(15-16)27-23(31)14-12-20-17(2)24-18(3)28-30(19-9-7-6-8-10-19)25(24)29(4)26(20)32/h6-11,13,15H,12,14H2,1-5H3,(H,27,31). The Morgan fingerprint density at radius 1 is 1.09 bits per heavy atom. The van der Waals surface area contributed by atoms with E-state index >= 15 is 0 Å². The number of aromatic nitrogens is 3. The zero-order valence-electron chi connectivity index (χ0n) is 19.6. The number of hydrogen-bond acceptors (Lipinski definition) is 4. The van der Waals surface area contributed by atoms with Gasteiger partial charge in [-0.1, -0.05) is 24.3 Å². The first kappa shape index (κ1) is 22.3. The quantitative estimate of drug-likeness (QED) is 0.483. The lowest BCUT2D eigenvalue weighted by Gasteiger charge is -2.13. The molecule has 0 unspecified atom stereocenters. The fourth-order valence-electron chi connectivity index (χ4n) is 4.29. The van der Waals surface area contributed by atoms with Gasteiger partial charge in [0.15, 0.2) is 0 Å². The number of carbonyl (C=O) groups excluding carboxylic acids is 1. The minimum absolute atomic E-state index is 0.113. The second-order valence-corrected chi connectivity index (χ2v) is 8.25. The lowest BCUT2D eigenvalue weighted by Crippen LogP contribution is -2.25. The topological polar surface area (TPSA) is 78.2 Å². The van der Waals surface area contributed by atoms with Crippen molar-refractivity contribution in [2.24, 2.45) is 7.05 Å². The number of hydrogen-bond donors (Lipinski definition) is 1. The number of benzene rings is 2. The van der Waals surface area contributed by atoms with Gasteiger partial charge in [0.25, 0.3) is 5.56 Å². The van der Waals surface area contributed by atoms with Crippen molar-refractivity contribution in [2.75, 3.05) is 12.4 Å². The molecule has 7 heteroatoms. The summed E-state index contributed by atoms with van der Waals surface area (Å²) in [6.45, 7) is 5.83. The van der Waals surface area contributed by atoms with Gasteiger partial charge in [0, 0.05) is 24.4 Å². The van der Waals surface area contributed by atoms with Crippen LogP contribution in [-0.2, 0) is 18.3 Å². The molecule has 0 aliphatic rings. The van der Waals surface area contributed by atoms with Crippen molar-refractivity contribution in [1.82, 2.24) is 14.3 Å². The van der Waals surface area contributed by atoms with Gasteiger partial charge in [-0.3, -0.25) is 14.2 Å². The summed E-state index contributed by atoms with van der Waals surface area (Å²) < 4.78 is 8.78. The number of ether oxygens (including phenoxy) is 1. The van der Waals surface area contributed by atoms with Crippen molar-refractivity contribution < 1.29 is 9.53 Å². The molecule has 1 N–H and O–H groups in total. The summed E-state index contributed by atoms with van der Waals surface area (Å²) in [5, 5.41) is 8.56. The number of nitrogens with zero attached hydrogens (tertiary/aromatic N) is 3. The zero-order chi connectivity index (χ0) is 23.7. The maximum absolute atomic E-state index is 13.3. The molecule has 2 aromatic carbocycles. The third-order valence-electron chi connectivity index (χ3n) is 5.98. The number of pyridine rings is 1. The third kappa shape index (κ3) is 4.14. The van der Waals surface area contributed by atoms with Crippen LogP contribution in [0.4, 0.5) is 5.69 Å². The van der Waals surface area contributed by atoms with Gasteiger partial charge in [-0.05, 0) is 62.6 Å². The molecule has 0 radical (unpaired) electrons. The number of carbonyl (C=O) groups is 1. The van der Waals surface area contributed by atoms with Gasteiger partial charge in [-0.25, -0.2) is 4.68 Å². The molecule has 0 saturated heterocycles. The molecule has 33 heavy (non-hydrogen) atoms. The number of aryl methyl sites for hydroxylation is 4. The van der Waals surface area contributed by atoms with Gasteiger partial charge in [-0.2, -0.15) is 5.10 Å². The summed E-state index contributed by atoms with van der Waals surface area (Å²) in [6, 6.07) is 15.4. The lowest BCUT2D eigenvalue weighted by molar-refractivity contribution is -0.116. The summed E-state index contributed by atoms with van der Waals surface area (Å²) in [7, 11) is 3.33. The van der Waals surface area contributed by atoms with Crippen LogP contribution in [-0.4, -0.2) is 27.4 Å². The van der Waals surface area contributed by atoms with Crippen molar-refractivity contribution in [3.05, 3.63) is 81.3 Å². The smallest absolute Gasteiger partial charge is 0.255 e. The van der Waals surface area contributed by atoms with E-state index in [9.17, 15) is 9.59 Å². The highest BCUT2D eigenvalue weighted by atomic mass is 16.5. The molecule has 4 aromatic rings. The Kier molecular flexibility index (Phi) is 6.05. The number of para-hydroxylation sites is 1. The van der Waals surface area contributed by atoms with Crippen molar-refractivity contribution in [1.29, 1.82) is 0 Å². The Morgan fingerprint density at radius 2 is 1.82 bits per heavy atom. The highest BCUT2D eigenvalue weighted by Gasteiger charge is 2.20. The number of amides is 1. The van der Waals surface area contributed by atoms with Crippen LogP contribution in [0.1, 0.15) is 28.8 Å². The largest absolute Gasteiger partial charge is 0.495 e. The van der Waals surface area contributed by atoms with Crippen LogP contribution in [0.2, 0.25) is 0 Å². The molecule has 0 aliphatic heterocycles. The average Bonchev–Trinajstić information content (AvgIpc) is 3.15. The molecule has 0 bridgehead atoms. The highest BCUT2D eigenvalue weighted by molar-refractivity contribution is 5.92. The maximum atomic E-state index is 13.3. The van der Waals surface area contributed by atoms with E-state index in [1.807, 2.05) is 69.3 Å². The van der Waals surface area contributed by atoms with E-state index in [0.717, 1.165) is 33.5 Å². The predicted octanol–water partition coefficient (Wildman–Crippen LogP) is 4.23. The molecule has 0 atom stereocenters. The minimum atomic E-state index is -0.169. The summed E-state index contributed by atoms with van der Waals surface area (Å²) in [4.78, 5) is 26.0. The third-order valence-corrected chi connectivity index (χ3v) is 5.98. The first-order chi connectivity index (χ1) is 15.8. The van der Waals surface area contributed by atoms with E-state index < -0.39 is 0 Å². The van der Waals surface area contributed by atoms with E-state index in [1.165, 1.54) is 0 Å². The van der Waals surface area contributed by atoms with Crippen LogP contribution in [0.15, 0.2) is 53.3 Å². The van der Waals surface area contributed by atoms with Gasteiger partial charge < -0.3 is 10.1 Å². The SMILES string of the molecule is COc1ccc(C)cc1NC(=O)CCc1c(C)c2c(C)nn(-c3ccccc3)c2n(C)c1=O. The Balaban J connectivity index is 1.66. The molecule has 0 spiro atoms. The summed E-state index contributed by atoms with van der Waals surface area (Å²) >= 11 is 0. The normalized spacial score (nSPS) is 11.1. The van der Waals surface area contributed by atoms with E-state index in [1.54, 1.807) is 23.4 Å². The molecule has 0 aliphatic carbocycles. The van der Waals surface area contributed by atoms with Crippen LogP contribution < -0.4 is 15.6 Å². The molecule has 4 rings (SSSR count). The van der Waals surface area contributed by atoms with Crippen molar-refractivity contribution in [3.8, 4) is 11.4 Å². The van der Waals surface area contributed by atoms with Gasteiger partial charge in [0.05, 0.1) is 24.2 Å². The molecular weight excluding hydrogens is 416 g/mol. The molecule has 2 heterocycles. The molecule has 170 valence electrons. The van der Waals surface area contributed by atoms with E-state index in [0.29, 0.717) is 23.4 Å². The minimum Gasteiger partial charge on any atom is -0.495 e. The van der Waals surface area contributed by atoms with Crippen molar-refractivity contribution >= 4 is 22.6 Å². The van der Waals surface area contributed by atoms with Gasteiger partial charge in [-0.15, -0.1) is 0 Å². The average molecular weight is 445 g/mol. The Labute approximate surface area is 192 Å². The fourth-order valence-corrected chi connectivity index (χ4v) is 4.29. The molecule has 1 amide bonds. The number of rotatable bonds is 6. The van der Waals surface area contributed by atoms with E-state index in [-0.39, 0.29) is 17.9 Å². The first-order valence-electron chi connectivity index (χ1n) is 10.9. The van der Waals surface area contributed by atoms with E-state index in [2.05, 4.69) is 5.32 Å². The monoisotopic (exact) mass is 444 g/mol. The Morgan fingerprint density at radius 3 is 2.52 bits per heavy atom. The molecular formula is C26H28N4O3. The van der Waals surface area contributed by atoms with Crippen LogP contribution in [0, 0.1) is 20.8 Å². The van der Waals surface area contributed by atoms with Crippen LogP contribution in [0.5, 0.6) is 5.75 Å². The molecule has 7 nitrogen and oxygen atoms in total. The number of anilines is 1. The second kappa shape index (κ2) is 8.94. The lowest BCUT2D eigenvalue weighted by atomic mass is 10.0. The molecule has 2 aromatic heterocycles. The molecule has 0 saturated carbocycles. The summed E-state index contributed by atoms with van der Waals surface area (Å²) in [5.74, 6) is 0.434. The van der Waals surface area contributed by atoms with Crippen LogP contribution in [0.25, 0.3) is 16.7 Å². The van der Waals surface area contributed by atoms with Crippen LogP contribution >= 0.6 is 0 Å². The van der Waals surface area contributed by atoms with Gasteiger partial charge in [0.1, 0.15) is 11.4 Å². The fraction of sp³-hybridized carbons (Fsp3) is 0.269. The Hall–Kier alpha value is -3.87. The number of fused-ring (bicyclic) bond motifs is 1. The van der Waals surface area contributed by atoms with Crippen molar-refractivity contribution in [3.63, 3.8) is 0 Å². The van der Waals surface area contributed by atoms with Gasteiger partial charge >= 0.3 is 0 Å². The summed E-state index contributed by atoms with van der Waals surface area (Å²) in [6.07, 6.45) is 0.523. The maximum Gasteiger partial charge on any atom is 0.255 e. The first-order valence-corrected chi connectivity index (χ1v) is 10.9. The summed E-state index contributed by atoms with van der Waals surface area (Å²) in [5.41, 5.74) is 5.52. The Bertz CT molecular complexity index is 1400.